The van der Waals surface area contributed by atoms with Crippen molar-refractivity contribution < 1.29 is 13.2 Å². The minimum atomic E-state index is -3.55. The van der Waals surface area contributed by atoms with Crippen LogP contribution >= 0.6 is 12.2 Å². The van der Waals surface area contributed by atoms with Crippen molar-refractivity contribution >= 4 is 27.2 Å². The van der Waals surface area contributed by atoms with Gasteiger partial charge in [-0.2, -0.15) is 4.31 Å². The minimum absolute atomic E-state index is 0.0194. The number of ether oxygens (including phenoxy) is 1. The van der Waals surface area contributed by atoms with Gasteiger partial charge in [-0.25, -0.2) is 8.42 Å². The molecule has 0 saturated carbocycles. The molecule has 0 aromatic heterocycles. The number of nitrogens with two attached hydrogens (primary N) is 1. The third kappa shape index (κ3) is 2.94. The third-order valence-electron chi connectivity index (χ3n) is 3.33. The zero-order valence-electron chi connectivity index (χ0n) is 11.3. The summed E-state index contributed by atoms with van der Waals surface area (Å²) in [5.74, 6) is 0.730. The molecule has 110 valence electrons. The lowest BCUT2D eigenvalue weighted by Gasteiger charge is -2.24. The Labute approximate surface area is 124 Å². The smallest absolute Gasteiger partial charge is 0.223 e. The Balaban J connectivity index is 2.32. The average molecular weight is 314 g/mol. The molecular weight excluding hydrogens is 296 g/mol. The Bertz CT molecular complexity index is 601. The first-order chi connectivity index (χ1) is 9.46. The van der Waals surface area contributed by atoms with Gasteiger partial charge in [-0.3, -0.25) is 0 Å². The Morgan fingerprint density at radius 1 is 1.50 bits per heavy atom. The van der Waals surface area contributed by atoms with Gasteiger partial charge >= 0.3 is 0 Å². The molecule has 0 spiro atoms. The van der Waals surface area contributed by atoms with E-state index in [2.05, 4.69) is 0 Å². The molecular formula is C13H18N2O3S2. The lowest BCUT2D eigenvalue weighted by atomic mass is 10.2. The number of thiocarbonyl (C=S) groups is 1. The summed E-state index contributed by atoms with van der Waals surface area (Å²) >= 11 is 4.89. The average Bonchev–Trinajstić information content (AvgIpc) is 2.61. The molecule has 0 radical (unpaired) electrons. The fourth-order valence-corrected chi connectivity index (χ4v) is 4.51. The summed E-state index contributed by atoms with van der Waals surface area (Å²) < 4.78 is 32.2. The van der Waals surface area contributed by atoms with E-state index in [1.54, 1.807) is 6.92 Å². The third-order valence-corrected chi connectivity index (χ3v) is 6.10. The molecule has 2 N–H and O–H groups in total. The van der Waals surface area contributed by atoms with E-state index in [0.717, 1.165) is 11.3 Å². The molecule has 2 rings (SSSR count). The van der Waals surface area contributed by atoms with Crippen LogP contribution in [-0.2, 0) is 16.6 Å². The summed E-state index contributed by atoms with van der Waals surface area (Å²) in [5, 5.41) is -0.817. The highest BCUT2D eigenvalue weighted by molar-refractivity contribution is 7.92. The van der Waals surface area contributed by atoms with Crippen LogP contribution in [0.3, 0.4) is 0 Å². The lowest BCUT2D eigenvalue weighted by molar-refractivity contribution is 0.292. The van der Waals surface area contributed by atoms with Crippen LogP contribution in [0.5, 0.6) is 5.75 Å². The summed E-state index contributed by atoms with van der Waals surface area (Å²) in [6.07, 6.45) is 0.372. The molecule has 0 saturated heterocycles. The van der Waals surface area contributed by atoms with E-state index < -0.39 is 15.3 Å². The van der Waals surface area contributed by atoms with Crippen LogP contribution < -0.4 is 10.5 Å². The first-order valence-corrected chi connectivity index (χ1v) is 8.37. The van der Waals surface area contributed by atoms with Crippen LogP contribution in [-0.4, -0.2) is 36.1 Å². The highest BCUT2D eigenvalue weighted by atomic mass is 32.2. The molecule has 1 aromatic carbocycles. The first kappa shape index (κ1) is 15.2. The fraction of sp³-hybridized carbons (Fsp3) is 0.462. The van der Waals surface area contributed by atoms with Crippen molar-refractivity contribution in [1.29, 1.82) is 0 Å². The molecule has 1 aliphatic heterocycles. The van der Waals surface area contributed by atoms with Crippen molar-refractivity contribution in [2.75, 3.05) is 13.2 Å². The predicted octanol–water partition coefficient (Wildman–Crippen LogP) is 1.28. The van der Waals surface area contributed by atoms with Crippen LogP contribution in [0.4, 0.5) is 0 Å². The van der Waals surface area contributed by atoms with Gasteiger partial charge in [-0.05, 0) is 12.5 Å². The maximum atomic E-state index is 12.6. The predicted molar refractivity (Wildman–Crippen MR) is 82.1 cm³/mol. The molecule has 1 aromatic rings. The Morgan fingerprint density at radius 2 is 2.20 bits per heavy atom. The van der Waals surface area contributed by atoms with Crippen LogP contribution in [0.2, 0.25) is 0 Å². The molecule has 1 heterocycles. The molecule has 20 heavy (non-hydrogen) atoms. The zero-order valence-corrected chi connectivity index (χ0v) is 12.9. The molecule has 7 heteroatoms. The number of nitrogens with zero attached hydrogens (tertiary/aromatic N) is 1. The van der Waals surface area contributed by atoms with E-state index >= 15 is 0 Å². The van der Waals surface area contributed by atoms with Crippen molar-refractivity contribution in [3.8, 4) is 5.75 Å². The number of hydrogen-bond donors (Lipinski definition) is 1. The second-order valence-electron chi connectivity index (χ2n) is 4.63. The summed E-state index contributed by atoms with van der Waals surface area (Å²) in [5.41, 5.74) is 6.42. The van der Waals surface area contributed by atoms with Gasteiger partial charge in [0.25, 0.3) is 0 Å². The van der Waals surface area contributed by atoms with Crippen LogP contribution in [0.15, 0.2) is 24.3 Å². The van der Waals surface area contributed by atoms with E-state index in [9.17, 15) is 8.42 Å². The number of fused-ring (bicyclic) bond motifs is 1. The van der Waals surface area contributed by atoms with Crippen molar-refractivity contribution in [3.63, 3.8) is 0 Å². The molecule has 0 aliphatic carbocycles. The fourth-order valence-electron chi connectivity index (χ4n) is 2.26. The molecule has 1 aliphatic rings. The van der Waals surface area contributed by atoms with Crippen LogP contribution in [0.25, 0.3) is 0 Å². The number of hydrogen-bond acceptors (Lipinski definition) is 4. The monoisotopic (exact) mass is 314 g/mol. The van der Waals surface area contributed by atoms with Gasteiger partial charge in [0, 0.05) is 18.7 Å². The molecule has 5 nitrogen and oxygen atoms in total. The lowest BCUT2D eigenvalue weighted by Crippen LogP contribution is -2.44. The quantitative estimate of drug-likeness (QED) is 0.848. The maximum Gasteiger partial charge on any atom is 0.223 e. The Kier molecular flexibility index (Phi) is 4.62. The molecule has 0 amide bonds. The summed E-state index contributed by atoms with van der Waals surface area (Å²) in [7, 11) is -3.55. The first-order valence-electron chi connectivity index (χ1n) is 6.45. The number of rotatable bonds is 4. The molecule has 1 atom stereocenters. The number of benzene rings is 1. The number of para-hydroxylation sites is 1. The van der Waals surface area contributed by atoms with Gasteiger partial charge in [0.15, 0.2) is 0 Å². The summed E-state index contributed by atoms with van der Waals surface area (Å²) in [4.78, 5) is 0.0194. The van der Waals surface area contributed by atoms with Gasteiger partial charge in [0.1, 0.15) is 17.6 Å². The van der Waals surface area contributed by atoms with Gasteiger partial charge in [-0.1, -0.05) is 37.3 Å². The van der Waals surface area contributed by atoms with Crippen LogP contribution in [0, 0.1) is 0 Å². The van der Waals surface area contributed by atoms with Gasteiger partial charge < -0.3 is 10.5 Å². The van der Waals surface area contributed by atoms with E-state index in [1.165, 1.54) is 4.31 Å². The van der Waals surface area contributed by atoms with E-state index in [1.807, 2.05) is 24.3 Å². The second kappa shape index (κ2) is 6.07. The van der Waals surface area contributed by atoms with E-state index in [4.69, 9.17) is 22.7 Å². The van der Waals surface area contributed by atoms with Crippen molar-refractivity contribution in [2.24, 2.45) is 5.73 Å². The van der Waals surface area contributed by atoms with E-state index in [0.29, 0.717) is 19.6 Å². The topological polar surface area (TPSA) is 72.6 Å². The van der Waals surface area contributed by atoms with Crippen molar-refractivity contribution in [3.05, 3.63) is 29.8 Å². The van der Waals surface area contributed by atoms with Gasteiger partial charge in [0.2, 0.25) is 10.0 Å². The van der Waals surface area contributed by atoms with Gasteiger partial charge in [0.05, 0.1) is 4.99 Å². The van der Waals surface area contributed by atoms with E-state index in [-0.39, 0.29) is 11.5 Å². The Hall–Kier alpha value is -1.18. The Morgan fingerprint density at radius 3 is 2.85 bits per heavy atom. The summed E-state index contributed by atoms with van der Waals surface area (Å²) in [6.45, 7) is 2.68. The van der Waals surface area contributed by atoms with Crippen LogP contribution in [0.1, 0.15) is 18.9 Å². The second-order valence-corrected chi connectivity index (χ2v) is 7.22. The highest BCUT2D eigenvalue weighted by Crippen LogP contribution is 2.25. The van der Waals surface area contributed by atoms with Gasteiger partial charge in [-0.15, -0.1) is 0 Å². The molecule has 1 unspecified atom stereocenters. The SMILES string of the molecule is CCC(C(N)=S)S(=O)(=O)N1CCOc2ccccc2C1. The maximum absolute atomic E-state index is 12.6. The number of sulfonamides is 1. The normalized spacial score (nSPS) is 17.6. The van der Waals surface area contributed by atoms with Crippen molar-refractivity contribution in [2.45, 2.75) is 25.1 Å². The highest BCUT2D eigenvalue weighted by Gasteiger charge is 2.34. The molecule has 0 fully saturated rings. The standard InChI is InChI=1S/C13H18N2O3S2/c1-2-12(13(14)19)20(16,17)15-7-8-18-11-6-4-3-5-10(11)9-15/h3-6,12H,2,7-9H2,1H3,(H2,14,19). The largest absolute Gasteiger partial charge is 0.492 e. The zero-order chi connectivity index (χ0) is 14.8. The summed E-state index contributed by atoms with van der Waals surface area (Å²) in [6, 6.07) is 7.44. The minimum Gasteiger partial charge on any atom is -0.492 e. The molecule has 0 bridgehead atoms. The van der Waals surface area contributed by atoms with Crippen molar-refractivity contribution in [1.82, 2.24) is 4.31 Å².